The highest BCUT2D eigenvalue weighted by Gasteiger charge is 2.22. The first-order valence-corrected chi connectivity index (χ1v) is 9.29. The Bertz CT molecular complexity index is 926. The van der Waals surface area contributed by atoms with Crippen LogP contribution in [0.1, 0.15) is 34.5 Å². The van der Waals surface area contributed by atoms with Gasteiger partial charge >= 0.3 is 0 Å². The second-order valence-corrected chi connectivity index (χ2v) is 6.83. The first-order chi connectivity index (χ1) is 13.2. The largest absolute Gasteiger partial charge is 0.489 e. The smallest absolute Gasteiger partial charge is 0.255 e. The van der Waals surface area contributed by atoms with Gasteiger partial charge in [0.25, 0.3) is 5.91 Å². The number of nitrogens with one attached hydrogen (secondary N) is 1. The number of ether oxygens (including phenoxy) is 2. The molecule has 5 nitrogen and oxygen atoms in total. The molecule has 4 rings (SSSR count). The molecule has 140 valence electrons. The van der Waals surface area contributed by atoms with Crippen LogP contribution < -0.4 is 10.1 Å². The van der Waals surface area contributed by atoms with Gasteiger partial charge in [0.1, 0.15) is 23.7 Å². The van der Waals surface area contributed by atoms with Crippen LogP contribution in [0.15, 0.2) is 52.9 Å². The molecule has 2 aromatic carbocycles. The average Bonchev–Trinajstić information content (AvgIpc) is 3.03. The Balaban J connectivity index is 1.54. The predicted octanol–water partition coefficient (Wildman–Crippen LogP) is 4.23. The Morgan fingerprint density at radius 3 is 2.70 bits per heavy atom. The van der Waals surface area contributed by atoms with Crippen molar-refractivity contribution >= 4 is 16.9 Å². The topological polar surface area (TPSA) is 60.7 Å². The molecule has 5 heteroatoms. The molecular weight excluding hydrogens is 342 g/mol. The molecule has 1 aliphatic heterocycles. The van der Waals surface area contributed by atoms with Gasteiger partial charge in [0.05, 0.1) is 5.56 Å². The second-order valence-electron chi connectivity index (χ2n) is 6.83. The third kappa shape index (κ3) is 3.98. The van der Waals surface area contributed by atoms with Crippen LogP contribution >= 0.6 is 0 Å². The molecule has 0 aliphatic carbocycles. The number of carbonyl (C=O) groups is 1. The van der Waals surface area contributed by atoms with Crippen molar-refractivity contribution in [1.82, 2.24) is 5.32 Å². The van der Waals surface area contributed by atoms with Crippen molar-refractivity contribution in [2.45, 2.75) is 32.4 Å². The molecule has 3 aromatic rings. The van der Waals surface area contributed by atoms with E-state index in [-0.39, 0.29) is 11.9 Å². The molecule has 0 atom stereocenters. The molecule has 1 N–H and O–H groups in total. The number of hydrogen-bond acceptors (Lipinski definition) is 4. The summed E-state index contributed by atoms with van der Waals surface area (Å²) in [5.74, 6) is 1.24. The number of rotatable bonds is 5. The summed E-state index contributed by atoms with van der Waals surface area (Å²) in [6, 6.07) is 15.7. The standard InChI is InChI=1S/C22H23NO4/c1-15-21(22(24)23-17-9-11-25-12-10-17)19-13-18(7-8-20(19)27-15)26-14-16-5-3-2-4-6-16/h2-8,13,17H,9-12,14H2,1H3,(H,23,24). The van der Waals surface area contributed by atoms with Crippen LogP contribution in [0.2, 0.25) is 0 Å². The highest BCUT2D eigenvalue weighted by Crippen LogP contribution is 2.29. The molecule has 1 aliphatic rings. The molecule has 0 saturated carbocycles. The van der Waals surface area contributed by atoms with E-state index in [1.807, 2.05) is 55.5 Å². The molecule has 1 aromatic heterocycles. The monoisotopic (exact) mass is 365 g/mol. The van der Waals surface area contributed by atoms with Gasteiger partial charge in [-0.1, -0.05) is 30.3 Å². The Hall–Kier alpha value is -2.79. The van der Waals surface area contributed by atoms with Gasteiger partial charge < -0.3 is 19.2 Å². The van der Waals surface area contributed by atoms with Crippen LogP contribution in [0.5, 0.6) is 5.75 Å². The Kier molecular flexibility index (Phi) is 5.12. The molecular formula is C22H23NO4. The third-order valence-electron chi connectivity index (χ3n) is 4.87. The predicted molar refractivity (Wildman–Crippen MR) is 103 cm³/mol. The molecule has 2 heterocycles. The maximum Gasteiger partial charge on any atom is 0.255 e. The molecule has 0 bridgehead atoms. The lowest BCUT2D eigenvalue weighted by molar-refractivity contribution is 0.0696. The number of fused-ring (bicyclic) bond motifs is 1. The zero-order chi connectivity index (χ0) is 18.6. The number of aryl methyl sites for hydroxylation is 1. The van der Waals surface area contributed by atoms with Crippen LogP contribution in [-0.4, -0.2) is 25.2 Å². The van der Waals surface area contributed by atoms with E-state index in [1.54, 1.807) is 0 Å². The minimum absolute atomic E-state index is 0.0987. The first-order valence-electron chi connectivity index (χ1n) is 9.29. The third-order valence-corrected chi connectivity index (χ3v) is 4.87. The van der Waals surface area contributed by atoms with Crippen LogP contribution in [0.4, 0.5) is 0 Å². The van der Waals surface area contributed by atoms with Crippen molar-refractivity contribution in [3.05, 3.63) is 65.4 Å². The summed E-state index contributed by atoms with van der Waals surface area (Å²) >= 11 is 0. The highest BCUT2D eigenvalue weighted by atomic mass is 16.5. The van der Waals surface area contributed by atoms with Gasteiger partial charge in [0, 0.05) is 24.6 Å². The summed E-state index contributed by atoms with van der Waals surface area (Å²) in [5, 5.41) is 3.89. The van der Waals surface area contributed by atoms with E-state index >= 15 is 0 Å². The zero-order valence-corrected chi connectivity index (χ0v) is 15.4. The van der Waals surface area contributed by atoms with Crippen molar-refractivity contribution < 1.29 is 18.7 Å². The van der Waals surface area contributed by atoms with E-state index in [2.05, 4.69) is 5.32 Å². The molecule has 27 heavy (non-hydrogen) atoms. The van der Waals surface area contributed by atoms with E-state index in [9.17, 15) is 4.79 Å². The van der Waals surface area contributed by atoms with Crippen molar-refractivity contribution in [2.24, 2.45) is 0 Å². The van der Waals surface area contributed by atoms with Crippen LogP contribution in [-0.2, 0) is 11.3 Å². The van der Waals surface area contributed by atoms with Gasteiger partial charge in [0.2, 0.25) is 0 Å². The molecule has 1 fully saturated rings. The molecule has 0 unspecified atom stereocenters. The van der Waals surface area contributed by atoms with Gasteiger partial charge in [-0.05, 0) is 43.5 Å². The highest BCUT2D eigenvalue weighted by molar-refractivity contribution is 6.07. The molecule has 1 saturated heterocycles. The minimum Gasteiger partial charge on any atom is -0.489 e. The van der Waals surface area contributed by atoms with Crippen molar-refractivity contribution in [3.8, 4) is 5.75 Å². The van der Waals surface area contributed by atoms with E-state index < -0.39 is 0 Å². The molecule has 1 amide bonds. The van der Waals surface area contributed by atoms with Crippen molar-refractivity contribution in [1.29, 1.82) is 0 Å². The summed E-state index contributed by atoms with van der Waals surface area (Å²) in [6.45, 7) is 3.68. The van der Waals surface area contributed by atoms with Crippen LogP contribution in [0.25, 0.3) is 11.0 Å². The lowest BCUT2D eigenvalue weighted by Crippen LogP contribution is -2.39. The lowest BCUT2D eigenvalue weighted by atomic mass is 10.1. The first kappa shape index (κ1) is 17.6. The van der Waals surface area contributed by atoms with Gasteiger partial charge in [0.15, 0.2) is 0 Å². The summed E-state index contributed by atoms with van der Waals surface area (Å²) in [4.78, 5) is 12.8. The quantitative estimate of drug-likeness (QED) is 0.735. The van der Waals surface area contributed by atoms with Crippen LogP contribution in [0, 0.1) is 6.92 Å². The number of hydrogen-bond donors (Lipinski definition) is 1. The van der Waals surface area contributed by atoms with Gasteiger partial charge in [-0.3, -0.25) is 4.79 Å². The average molecular weight is 365 g/mol. The number of furan rings is 1. The maximum atomic E-state index is 12.8. The molecule has 0 spiro atoms. The number of amides is 1. The fraction of sp³-hybridized carbons (Fsp3) is 0.318. The summed E-state index contributed by atoms with van der Waals surface area (Å²) in [6.07, 6.45) is 1.68. The normalized spacial score (nSPS) is 15.0. The fourth-order valence-electron chi connectivity index (χ4n) is 3.41. The van der Waals surface area contributed by atoms with E-state index in [0.29, 0.717) is 42.5 Å². The lowest BCUT2D eigenvalue weighted by Gasteiger charge is -2.23. The fourth-order valence-corrected chi connectivity index (χ4v) is 3.41. The van der Waals surface area contributed by atoms with Crippen molar-refractivity contribution in [2.75, 3.05) is 13.2 Å². The maximum absolute atomic E-state index is 12.8. The zero-order valence-electron chi connectivity index (χ0n) is 15.4. The Morgan fingerprint density at radius 2 is 1.93 bits per heavy atom. The van der Waals surface area contributed by atoms with Gasteiger partial charge in [-0.25, -0.2) is 0 Å². The molecule has 0 radical (unpaired) electrons. The van der Waals surface area contributed by atoms with E-state index in [4.69, 9.17) is 13.9 Å². The van der Waals surface area contributed by atoms with E-state index in [0.717, 1.165) is 23.8 Å². The number of benzene rings is 2. The summed E-state index contributed by atoms with van der Waals surface area (Å²) in [5.41, 5.74) is 2.37. The van der Waals surface area contributed by atoms with Gasteiger partial charge in [-0.2, -0.15) is 0 Å². The summed E-state index contributed by atoms with van der Waals surface area (Å²) in [7, 11) is 0. The minimum atomic E-state index is -0.0987. The van der Waals surface area contributed by atoms with Gasteiger partial charge in [-0.15, -0.1) is 0 Å². The van der Waals surface area contributed by atoms with Crippen molar-refractivity contribution in [3.63, 3.8) is 0 Å². The Morgan fingerprint density at radius 1 is 1.15 bits per heavy atom. The van der Waals surface area contributed by atoms with E-state index in [1.165, 1.54) is 0 Å². The summed E-state index contributed by atoms with van der Waals surface area (Å²) < 4.78 is 17.0. The van der Waals surface area contributed by atoms with Crippen LogP contribution in [0.3, 0.4) is 0 Å². The SMILES string of the molecule is Cc1oc2ccc(OCc3ccccc3)cc2c1C(=O)NC1CCOCC1. The number of carbonyl (C=O) groups excluding carboxylic acids is 1. The Labute approximate surface area is 158 Å². The second kappa shape index (κ2) is 7.84.